The van der Waals surface area contributed by atoms with Gasteiger partial charge in [0.05, 0.1) is 0 Å². The average molecular weight is 236 g/mol. The SMILES string of the molecule is CCCC(=O)N1CCC(Cn2cnnc2)CC1. The second-order valence-corrected chi connectivity index (χ2v) is 4.73. The molecule has 0 aromatic carbocycles. The van der Waals surface area contributed by atoms with Crippen LogP contribution in [0.25, 0.3) is 0 Å². The van der Waals surface area contributed by atoms with Crippen molar-refractivity contribution in [2.24, 2.45) is 5.92 Å². The Bertz CT molecular complexity index is 341. The fourth-order valence-electron chi connectivity index (χ4n) is 2.35. The summed E-state index contributed by atoms with van der Waals surface area (Å²) in [6, 6.07) is 0. The van der Waals surface area contributed by atoms with Crippen molar-refractivity contribution in [1.29, 1.82) is 0 Å². The normalized spacial score (nSPS) is 17.4. The molecule has 0 radical (unpaired) electrons. The van der Waals surface area contributed by atoms with Crippen molar-refractivity contribution in [3.8, 4) is 0 Å². The quantitative estimate of drug-likeness (QED) is 0.792. The van der Waals surface area contributed by atoms with E-state index < -0.39 is 0 Å². The van der Waals surface area contributed by atoms with E-state index in [0.29, 0.717) is 18.2 Å². The van der Waals surface area contributed by atoms with Gasteiger partial charge in [-0.2, -0.15) is 0 Å². The number of carbonyl (C=O) groups is 1. The van der Waals surface area contributed by atoms with E-state index in [0.717, 1.165) is 38.9 Å². The molecule has 0 N–H and O–H groups in total. The van der Waals surface area contributed by atoms with Crippen LogP contribution in [0.2, 0.25) is 0 Å². The summed E-state index contributed by atoms with van der Waals surface area (Å²) in [6.45, 7) is 4.84. The number of aromatic nitrogens is 3. The van der Waals surface area contributed by atoms with Gasteiger partial charge in [0.1, 0.15) is 12.7 Å². The Balaban J connectivity index is 1.76. The average Bonchev–Trinajstić information content (AvgIpc) is 2.83. The first-order chi connectivity index (χ1) is 8.29. The summed E-state index contributed by atoms with van der Waals surface area (Å²) in [6.07, 6.45) is 7.33. The number of rotatable bonds is 4. The summed E-state index contributed by atoms with van der Waals surface area (Å²) >= 11 is 0. The van der Waals surface area contributed by atoms with E-state index in [9.17, 15) is 4.79 Å². The van der Waals surface area contributed by atoms with Gasteiger partial charge in [-0.15, -0.1) is 10.2 Å². The molecule has 17 heavy (non-hydrogen) atoms. The third kappa shape index (κ3) is 3.28. The Morgan fingerprint density at radius 2 is 1.94 bits per heavy atom. The number of piperidine rings is 1. The van der Waals surface area contributed by atoms with E-state index in [-0.39, 0.29) is 0 Å². The lowest BCUT2D eigenvalue weighted by Crippen LogP contribution is -2.39. The van der Waals surface area contributed by atoms with E-state index in [2.05, 4.69) is 17.1 Å². The Morgan fingerprint density at radius 1 is 1.29 bits per heavy atom. The summed E-state index contributed by atoms with van der Waals surface area (Å²) in [5, 5.41) is 7.61. The standard InChI is InChI=1S/C12H20N4O/c1-2-3-12(17)16-6-4-11(5-7-16)8-15-9-13-14-10-15/h9-11H,2-8H2,1H3. The first kappa shape index (κ1) is 12.1. The number of amides is 1. The predicted molar refractivity (Wildman–Crippen MR) is 64.2 cm³/mol. The van der Waals surface area contributed by atoms with Crippen LogP contribution in [-0.4, -0.2) is 38.7 Å². The van der Waals surface area contributed by atoms with E-state index in [4.69, 9.17) is 0 Å². The van der Waals surface area contributed by atoms with Gasteiger partial charge in [-0.1, -0.05) is 6.92 Å². The number of likely N-dealkylation sites (tertiary alicyclic amines) is 1. The van der Waals surface area contributed by atoms with Crippen LogP contribution in [0.4, 0.5) is 0 Å². The first-order valence-corrected chi connectivity index (χ1v) is 6.39. The fourth-order valence-corrected chi connectivity index (χ4v) is 2.35. The van der Waals surface area contributed by atoms with Gasteiger partial charge >= 0.3 is 0 Å². The molecule has 5 nitrogen and oxygen atoms in total. The van der Waals surface area contributed by atoms with Gasteiger partial charge in [0.25, 0.3) is 0 Å². The summed E-state index contributed by atoms with van der Waals surface area (Å²) in [4.78, 5) is 13.7. The van der Waals surface area contributed by atoms with Crippen LogP contribution >= 0.6 is 0 Å². The summed E-state index contributed by atoms with van der Waals surface area (Å²) in [7, 11) is 0. The van der Waals surface area contributed by atoms with Crippen molar-refractivity contribution >= 4 is 5.91 Å². The zero-order valence-corrected chi connectivity index (χ0v) is 10.4. The van der Waals surface area contributed by atoms with Crippen molar-refractivity contribution in [2.75, 3.05) is 13.1 Å². The van der Waals surface area contributed by atoms with Gasteiger partial charge in [-0.05, 0) is 25.2 Å². The minimum Gasteiger partial charge on any atom is -0.343 e. The van der Waals surface area contributed by atoms with Gasteiger partial charge in [-0.3, -0.25) is 4.79 Å². The maximum atomic E-state index is 11.7. The molecule has 0 atom stereocenters. The maximum Gasteiger partial charge on any atom is 0.222 e. The molecule has 94 valence electrons. The Morgan fingerprint density at radius 3 is 2.53 bits per heavy atom. The van der Waals surface area contributed by atoms with Crippen LogP contribution in [-0.2, 0) is 11.3 Å². The topological polar surface area (TPSA) is 51.0 Å². The first-order valence-electron chi connectivity index (χ1n) is 6.39. The van der Waals surface area contributed by atoms with Crippen LogP contribution in [0.5, 0.6) is 0 Å². The molecule has 2 rings (SSSR count). The fraction of sp³-hybridized carbons (Fsp3) is 0.750. The molecule has 1 aliphatic rings. The minimum atomic E-state index is 0.315. The Kier molecular flexibility index (Phi) is 4.12. The number of hydrogen-bond acceptors (Lipinski definition) is 3. The van der Waals surface area contributed by atoms with E-state index in [1.807, 2.05) is 9.47 Å². The Labute approximate surface area is 102 Å². The summed E-state index contributed by atoms with van der Waals surface area (Å²) < 4.78 is 2.02. The van der Waals surface area contributed by atoms with Crippen molar-refractivity contribution in [3.05, 3.63) is 12.7 Å². The molecular formula is C12H20N4O. The van der Waals surface area contributed by atoms with Gasteiger partial charge in [0.15, 0.2) is 0 Å². The second-order valence-electron chi connectivity index (χ2n) is 4.73. The maximum absolute atomic E-state index is 11.7. The molecule has 1 aromatic heterocycles. The molecule has 1 amide bonds. The molecule has 0 spiro atoms. The van der Waals surface area contributed by atoms with Crippen molar-refractivity contribution in [2.45, 2.75) is 39.2 Å². The van der Waals surface area contributed by atoms with E-state index in [1.165, 1.54) is 0 Å². The van der Waals surface area contributed by atoms with Crippen LogP contribution in [0.15, 0.2) is 12.7 Å². The van der Waals surface area contributed by atoms with Crippen LogP contribution in [0.3, 0.4) is 0 Å². The third-order valence-corrected chi connectivity index (χ3v) is 3.37. The number of carbonyl (C=O) groups excluding carboxylic acids is 1. The van der Waals surface area contributed by atoms with Crippen molar-refractivity contribution < 1.29 is 4.79 Å². The highest BCUT2D eigenvalue weighted by Crippen LogP contribution is 2.19. The predicted octanol–water partition coefficient (Wildman–Crippen LogP) is 1.32. The molecule has 1 saturated heterocycles. The highest BCUT2D eigenvalue weighted by molar-refractivity contribution is 5.76. The smallest absolute Gasteiger partial charge is 0.222 e. The van der Waals surface area contributed by atoms with E-state index in [1.54, 1.807) is 12.7 Å². The van der Waals surface area contributed by atoms with Crippen molar-refractivity contribution in [1.82, 2.24) is 19.7 Å². The molecule has 0 bridgehead atoms. The monoisotopic (exact) mass is 236 g/mol. The number of nitrogens with zero attached hydrogens (tertiary/aromatic N) is 4. The number of hydrogen-bond donors (Lipinski definition) is 0. The second kappa shape index (κ2) is 5.80. The highest BCUT2D eigenvalue weighted by atomic mass is 16.2. The molecule has 0 aliphatic carbocycles. The molecule has 1 aliphatic heterocycles. The molecule has 2 heterocycles. The van der Waals surface area contributed by atoms with Gasteiger partial charge in [0, 0.05) is 26.1 Å². The lowest BCUT2D eigenvalue weighted by atomic mass is 9.96. The Hall–Kier alpha value is -1.39. The summed E-state index contributed by atoms with van der Waals surface area (Å²) in [5.41, 5.74) is 0. The van der Waals surface area contributed by atoms with Gasteiger partial charge < -0.3 is 9.47 Å². The van der Waals surface area contributed by atoms with Crippen LogP contribution < -0.4 is 0 Å². The van der Waals surface area contributed by atoms with E-state index >= 15 is 0 Å². The van der Waals surface area contributed by atoms with Crippen molar-refractivity contribution in [3.63, 3.8) is 0 Å². The molecular weight excluding hydrogens is 216 g/mol. The summed E-state index contributed by atoms with van der Waals surface area (Å²) in [5.74, 6) is 0.965. The minimum absolute atomic E-state index is 0.315. The largest absolute Gasteiger partial charge is 0.343 e. The highest BCUT2D eigenvalue weighted by Gasteiger charge is 2.22. The zero-order valence-electron chi connectivity index (χ0n) is 10.4. The lowest BCUT2D eigenvalue weighted by Gasteiger charge is -2.32. The lowest BCUT2D eigenvalue weighted by molar-refractivity contribution is -0.132. The zero-order chi connectivity index (χ0) is 12.1. The molecule has 0 unspecified atom stereocenters. The molecule has 5 heteroatoms. The third-order valence-electron chi connectivity index (χ3n) is 3.37. The molecule has 1 fully saturated rings. The molecule has 1 aromatic rings. The molecule has 0 saturated carbocycles. The van der Waals surface area contributed by atoms with Gasteiger partial charge in [0.2, 0.25) is 5.91 Å². The van der Waals surface area contributed by atoms with Gasteiger partial charge in [-0.25, -0.2) is 0 Å². The van der Waals surface area contributed by atoms with Crippen LogP contribution in [0.1, 0.15) is 32.6 Å². The van der Waals surface area contributed by atoms with Crippen LogP contribution in [0, 0.1) is 5.92 Å².